The van der Waals surface area contributed by atoms with Crippen LogP contribution in [0.2, 0.25) is 0 Å². The standard InChI is InChI=1S/C30H44N2O5/c1-21-6-5-9-30(2)18-28-24(17-26(21)30)25(29(33)37-28)20-32(11-10-31-12-14-36-15-13-31)19-22-16-23(34-3)7-8-27(22)35-4/h7-8,16,24-26,28H,1,5-6,9-15,17-20H2,2-4H3/t24-,25-,26+,28+,30+/m0/s1. The Morgan fingerprint density at radius 2 is 2.03 bits per heavy atom. The third kappa shape index (κ3) is 5.69. The van der Waals surface area contributed by atoms with Crippen LogP contribution in [0.4, 0.5) is 0 Å². The molecule has 2 heterocycles. The van der Waals surface area contributed by atoms with E-state index in [9.17, 15) is 4.79 Å². The normalized spacial score (nSPS) is 32.1. The van der Waals surface area contributed by atoms with Crippen molar-refractivity contribution in [2.75, 3.05) is 60.2 Å². The summed E-state index contributed by atoms with van der Waals surface area (Å²) < 4.78 is 22.8. The van der Waals surface area contributed by atoms with Gasteiger partial charge in [0.05, 0.1) is 33.4 Å². The fraction of sp³-hybridized carbons (Fsp3) is 0.700. The van der Waals surface area contributed by atoms with E-state index in [4.69, 9.17) is 18.9 Å². The highest BCUT2D eigenvalue weighted by Gasteiger charge is 2.55. The van der Waals surface area contributed by atoms with E-state index in [0.29, 0.717) is 19.0 Å². The van der Waals surface area contributed by atoms with Gasteiger partial charge in [0.2, 0.25) is 0 Å². The minimum Gasteiger partial charge on any atom is -0.497 e. The Morgan fingerprint density at radius 1 is 1.22 bits per heavy atom. The lowest BCUT2D eigenvalue weighted by Gasteiger charge is -2.50. The van der Waals surface area contributed by atoms with Gasteiger partial charge in [-0.05, 0) is 61.6 Å². The Kier molecular flexibility index (Phi) is 8.13. The number of benzene rings is 1. The maximum atomic E-state index is 13.3. The van der Waals surface area contributed by atoms with Gasteiger partial charge in [0.25, 0.3) is 0 Å². The lowest BCUT2D eigenvalue weighted by Crippen LogP contribution is -2.46. The number of morpholine rings is 1. The highest BCUT2D eigenvalue weighted by molar-refractivity contribution is 5.75. The molecule has 0 unspecified atom stereocenters. The minimum absolute atomic E-state index is 0.0168. The number of methoxy groups -OCH3 is 2. The first-order chi connectivity index (χ1) is 17.9. The van der Waals surface area contributed by atoms with Crippen molar-refractivity contribution in [2.45, 2.75) is 51.7 Å². The van der Waals surface area contributed by atoms with E-state index in [1.165, 1.54) is 18.4 Å². The van der Waals surface area contributed by atoms with Gasteiger partial charge in [0, 0.05) is 50.7 Å². The Bertz CT molecular complexity index is 977. The van der Waals surface area contributed by atoms with Crippen LogP contribution in [0.3, 0.4) is 0 Å². The van der Waals surface area contributed by atoms with E-state index in [1.807, 2.05) is 12.1 Å². The maximum Gasteiger partial charge on any atom is 0.310 e. The van der Waals surface area contributed by atoms with E-state index in [0.717, 1.165) is 75.7 Å². The van der Waals surface area contributed by atoms with E-state index in [2.05, 4.69) is 29.4 Å². The van der Waals surface area contributed by atoms with Crippen LogP contribution in [-0.4, -0.2) is 82.0 Å². The van der Waals surface area contributed by atoms with Gasteiger partial charge in [0.15, 0.2) is 0 Å². The van der Waals surface area contributed by atoms with E-state index >= 15 is 0 Å². The molecule has 0 bridgehead atoms. The van der Waals surface area contributed by atoms with Crippen molar-refractivity contribution in [3.63, 3.8) is 0 Å². The van der Waals surface area contributed by atoms with Crippen LogP contribution < -0.4 is 9.47 Å². The molecule has 0 spiro atoms. The molecule has 0 aromatic heterocycles. The fourth-order valence-electron chi connectivity index (χ4n) is 7.33. The van der Waals surface area contributed by atoms with Crippen molar-refractivity contribution in [3.05, 3.63) is 35.9 Å². The van der Waals surface area contributed by atoms with Gasteiger partial charge in [-0.15, -0.1) is 0 Å². The van der Waals surface area contributed by atoms with Gasteiger partial charge >= 0.3 is 5.97 Å². The zero-order valence-electron chi connectivity index (χ0n) is 22.9. The summed E-state index contributed by atoms with van der Waals surface area (Å²) in [5.74, 6) is 2.29. The Morgan fingerprint density at radius 3 is 2.78 bits per heavy atom. The number of allylic oxidation sites excluding steroid dienone is 1. The molecule has 2 saturated heterocycles. The van der Waals surface area contributed by atoms with Crippen molar-refractivity contribution < 1.29 is 23.7 Å². The van der Waals surface area contributed by atoms with E-state index in [1.54, 1.807) is 14.2 Å². The summed E-state index contributed by atoms with van der Waals surface area (Å²) in [6.07, 6.45) is 5.58. The van der Waals surface area contributed by atoms with Crippen LogP contribution in [0, 0.1) is 23.2 Å². The number of esters is 1. The predicted molar refractivity (Wildman–Crippen MR) is 143 cm³/mol. The molecule has 2 aliphatic carbocycles. The SMILES string of the molecule is C=C1CCC[C@]2(C)C[C@H]3OC(=O)[C@@H](CN(CCN4CCOCC4)Cc4cc(OC)ccc4OC)[C@@H]3C[C@H]12. The molecular weight excluding hydrogens is 468 g/mol. The zero-order chi connectivity index (χ0) is 26.0. The summed E-state index contributed by atoms with van der Waals surface area (Å²) in [7, 11) is 3.39. The summed E-state index contributed by atoms with van der Waals surface area (Å²) in [6.45, 7) is 13.5. The summed E-state index contributed by atoms with van der Waals surface area (Å²) in [5, 5.41) is 0. The van der Waals surface area contributed by atoms with E-state index in [-0.39, 0.29) is 29.3 Å². The number of ether oxygens (including phenoxy) is 4. The van der Waals surface area contributed by atoms with Crippen LogP contribution in [0.1, 0.15) is 44.6 Å². The third-order valence-electron chi connectivity index (χ3n) is 9.49. The average molecular weight is 513 g/mol. The average Bonchev–Trinajstić information content (AvgIpc) is 3.19. The highest BCUT2D eigenvalue weighted by Crippen LogP contribution is 2.57. The third-order valence-corrected chi connectivity index (χ3v) is 9.49. The number of hydrogen-bond donors (Lipinski definition) is 0. The molecule has 5 atom stereocenters. The summed E-state index contributed by atoms with van der Waals surface area (Å²) in [4.78, 5) is 18.2. The van der Waals surface area contributed by atoms with Gasteiger partial charge in [-0.25, -0.2) is 0 Å². The Labute approximate surface area is 222 Å². The number of carbonyl (C=O) groups is 1. The molecule has 4 fully saturated rings. The van der Waals surface area contributed by atoms with Gasteiger partial charge in [-0.1, -0.05) is 19.1 Å². The van der Waals surface area contributed by atoms with Crippen molar-refractivity contribution in [1.29, 1.82) is 0 Å². The van der Waals surface area contributed by atoms with Crippen LogP contribution in [0.5, 0.6) is 11.5 Å². The Hall–Kier alpha value is -2.09. The van der Waals surface area contributed by atoms with Gasteiger partial charge < -0.3 is 18.9 Å². The second-order valence-electron chi connectivity index (χ2n) is 11.8. The molecule has 7 heteroatoms. The maximum absolute atomic E-state index is 13.3. The van der Waals surface area contributed by atoms with Crippen molar-refractivity contribution in [2.24, 2.45) is 23.2 Å². The van der Waals surface area contributed by atoms with Crippen molar-refractivity contribution in [3.8, 4) is 11.5 Å². The smallest absolute Gasteiger partial charge is 0.310 e. The first-order valence-corrected chi connectivity index (χ1v) is 14.0. The molecule has 4 aliphatic rings. The molecule has 5 rings (SSSR count). The number of nitrogens with zero attached hydrogens (tertiary/aromatic N) is 2. The Balaban J connectivity index is 1.35. The van der Waals surface area contributed by atoms with Crippen LogP contribution >= 0.6 is 0 Å². The molecule has 204 valence electrons. The predicted octanol–water partition coefficient (Wildman–Crippen LogP) is 4.15. The minimum atomic E-state index is -0.106. The molecule has 2 aliphatic heterocycles. The first kappa shape index (κ1) is 26.5. The second kappa shape index (κ2) is 11.3. The van der Waals surface area contributed by atoms with E-state index < -0.39 is 0 Å². The lowest BCUT2D eigenvalue weighted by molar-refractivity contribution is -0.146. The van der Waals surface area contributed by atoms with Gasteiger partial charge in [-0.3, -0.25) is 14.6 Å². The van der Waals surface area contributed by atoms with Crippen molar-refractivity contribution >= 4 is 5.97 Å². The topological polar surface area (TPSA) is 60.5 Å². The molecular formula is C30H44N2O5. The van der Waals surface area contributed by atoms with Crippen LogP contribution in [0.25, 0.3) is 0 Å². The quantitative estimate of drug-likeness (QED) is 0.364. The molecule has 0 radical (unpaired) electrons. The molecule has 2 saturated carbocycles. The zero-order valence-corrected chi connectivity index (χ0v) is 22.9. The number of hydrogen-bond acceptors (Lipinski definition) is 7. The fourth-order valence-corrected chi connectivity index (χ4v) is 7.33. The summed E-state index contributed by atoms with van der Waals surface area (Å²) >= 11 is 0. The second-order valence-corrected chi connectivity index (χ2v) is 11.8. The van der Waals surface area contributed by atoms with Crippen LogP contribution in [0.15, 0.2) is 30.4 Å². The van der Waals surface area contributed by atoms with Crippen molar-refractivity contribution in [1.82, 2.24) is 9.80 Å². The number of fused-ring (bicyclic) bond motifs is 2. The highest BCUT2D eigenvalue weighted by atomic mass is 16.6. The molecule has 0 amide bonds. The molecule has 0 N–H and O–H groups in total. The lowest BCUT2D eigenvalue weighted by atomic mass is 9.55. The summed E-state index contributed by atoms with van der Waals surface area (Å²) in [5.41, 5.74) is 2.68. The van der Waals surface area contributed by atoms with Gasteiger partial charge in [0.1, 0.15) is 17.6 Å². The first-order valence-electron chi connectivity index (χ1n) is 14.0. The monoisotopic (exact) mass is 512 g/mol. The summed E-state index contributed by atoms with van der Waals surface area (Å²) in [6, 6.07) is 5.94. The number of rotatable bonds is 9. The molecule has 7 nitrogen and oxygen atoms in total. The van der Waals surface area contributed by atoms with Crippen LogP contribution in [-0.2, 0) is 20.8 Å². The molecule has 37 heavy (non-hydrogen) atoms. The van der Waals surface area contributed by atoms with Gasteiger partial charge in [-0.2, -0.15) is 0 Å². The molecule has 1 aromatic carbocycles. The number of carbonyl (C=O) groups excluding carboxylic acids is 1. The largest absolute Gasteiger partial charge is 0.497 e. The molecule has 1 aromatic rings.